The summed E-state index contributed by atoms with van der Waals surface area (Å²) in [7, 11) is 0. The van der Waals surface area contributed by atoms with Crippen LogP contribution in [0.1, 0.15) is 23.2 Å². The lowest BCUT2D eigenvalue weighted by Crippen LogP contribution is -2.25. The molecule has 22 heavy (non-hydrogen) atoms. The van der Waals surface area contributed by atoms with Gasteiger partial charge in [-0.2, -0.15) is 0 Å². The molecule has 1 aromatic heterocycles. The van der Waals surface area contributed by atoms with Gasteiger partial charge in [0.2, 0.25) is 5.88 Å². The van der Waals surface area contributed by atoms with Crippen molar-refractivity contribution in [2.45, 2.75) is 12.8 Å². The Bertz CT molecular complexity index is 634. The van der Waals surface area contributed by atoms with Crippen LogP contribution in [-0.2, 0) is 0 Å². The predicted octanol–water partition coefficient (Wildman–Crippen LogP) is 3.11. The second-order valence-corrected chi connectivity index (χ2v) is 5.58. The third-order valence-electron chi connectivity index (χ3n) is 2.94. The van der Waals surface area contributed by atoms with Gasteiger partial charge in [-0.1, -0.05) is 22.0 Å². The van der Waals surface area contributed by atoms with Crippen LogP contribution >= 0.6 is 15.9 Å². The summed E-state index contributed by atoms with van der Waals surface area (Å²) in [4.78, 5) is 16.4. The normalized spacial score (nSPS) is 10.3. The molecule has 116 valence electrons. The average molecular weight is 364 g/mol. The molecule has 0 saturated carbocycles. The van der Waals surface area contributed by atoms with Gasteiger partial charge in [0.05, 0.1) is 0 Å². The molecule has 0 aliphatic rings. The molecule has 3 N–H and O–H groups in total. The van der Waals surface area contributed by atoms with Crippen LogP contribution in [0, 0.1) is 0 Å². The predicted molar refractivity (Wildman–Crippen MR) is 89.1 cm³/mol. The monoisotopic (exact) mass is 363 g/mol. The van der Waals surface area contributed by atoms with Gasteiger partial charge in [-0.3, -0.25) is 4.79 Å². The first-order valence-corrected chi connectivity index (χ1v) is 7.86. The zero-order chi connectivity index (χ0) is 15.8. The molecule has 0 fully saturated rings. The number of unbranched alkanes of at least 4 members (excludes halogenated alkanes) is 1. The van der Waals surface area contributed by atoms with Crippen LogP contribution in [0.4, 0.5) is 0 Å². The van der Waals surface area contributed by atoms with Gasteiger partial charge < -0.3 is 15.8 Å². The van der Waals surface area contributed by atoms with Crippen LogP contribution in [0.15, 0.2) is 47.1 Å². The number of nitrogens with zero attached hydrogens (tertiary/aromatic N) is 1. The lowest BCUT2D eigenvalue weighted by Gasteiger charge is -2.10. The van der Waals surface area contributed by atoms with Gasteiger partial charge in [0.15, 0.2) is 0 Å². The Morgan fingerprint density at radius 3 is 2.91 bits per heavy atom. The second-order valence-electron chi connectivity index (χ2n) is 4.67. The molecule has 0 unspecified atom stereocenters. The van der Waals surface area contributed by atoms with E-state index in [1.54, 1.807) is 18.3 Å². The van der Waals surface area contributed by atoms with Crippen molar-refractivity contribution in [2.24, 2.45) is 5.73 Å². The van der Waals surface area contributed by atoms with Crippen molar-refractivity contribution in [2.75, 3.05) is 13.1 Å². The van der Waals surface area contributed by atoms with Gasteiger partial charge in [-0.15, -0.1) is 0 Å². The molecule has 5 nitrogen and oxygen atoms in total. The Hall–Kier alpha value is -1.92. The minimum atomic E-state index is -0.199. The average Bonchev–Trinajstić information content (AvgIpc) is 2.52. The van der Waals surface area contributed by atoms with E-state index in [0.717, 1.165) is 17.3 Å². The van der Waals surface area contributed by atoms with E-state index < -0.39 is 0 Å². The number of benzene rings is 1. The van der Waals surface area contributed by atoms with Crippen molar-refractivity contribution in [3.05, 3.63) is 52.6 Å². The van der Waals surface area contributed by atoms with Crippen LogP contribution in [0.25, 0.3) is 0 Å². The van der Waals surface area contributed by atoms with Gasteiger partial charge in [0.1, 0.15) is 11.3 Å². The van der Waals surface area contributed by atoms with Crippen LogP contribution in [-0.4, -0.2) is 24.0 Å². The molecule has 0 radical (unpaired) electrons. The molecule has 2 aromatic rings. The maximum absolute atomic E-state index is 12.2. The molecule has 0 aliphatic carbocycles. The van der Waals surface area contributed by atoms with Crippen molar-refractivity contribution >= 4 is 21.8 Å². The van der Waals surface area contributed by atoms with E-state index in [1.165, 1.54) is 0 Å². The summed E-state index contributed by atoms with van der Waals surface area (Å²) in [6.45, 7) is 1.21. The third kappa shape index (κ3) is 4.82. The van der Waals surface area contributed by atoms with E-state index in [4.69, 9.17) is 10.5 Å². The smallest absolute Gasteiger partial charge is 0.256 e. The van der Waals surface area contributed by atoms with Crippen molar-refractivity contribution in [3.8, 4) is 11.6 Å². The fourth-order valence-electron chi connectivity index (χ4n) is 1.85. The highest BCUT2D eigenvalue weighted by molar-refractivity contribution is 9.10. The maximum atomic E-state index is 12.2. The highest BCUT2D eigenvalue weighted by Crippen LogP contribution is 2.25. The fourth-order valence-corrected chi connectivity index (χ4v) is 2.23. The van der Waals surface area contributed by atoms with E-state index >= 15 is 0 Å². The van der Waals surface area contributed by atoms with Crippen molar-refractivity contribution in [1.29, 1.82) is 0 Å². The summed E-state index contributed by atoms with van der Waals surface area (Å²) in [6.07, 6.45) is 3.33. The lowest BCUT2D eigenvalue weighted by molar-refractivity contribution is 0.0950. The van der Waals surface area contributed by atoms with E-state index in [9.17, 15) is 4.79 Å². The Labute approximate surface area is 138 Å². The first kappa shape index (κ1) is 16.5. The zero-order valence-electron chi connectivity index (χ0n) is 12.1. The molecule has 0 spiro atoms. The number of pyridine rings is 1. The largest absolute Gasteiger partial charge is 0.438 e. The Morgan fingerprint density at radius 1 is 1.27 bits per heavy atom. The number of amides is 1. The standard InChI is InChI=1S/C16H18BrN3O2/c17-12-5-3-6-13(11-12)22-16-14(7-4-10-20-16)15(21)19-9-2-1-8-18/h3-7,10-11H,1-2,8-9,18H2,(H,19,21). The summed E-state index contributed by atoms with van der Waals surface area (Å²) in [6, 6.07) is 10.8. The Morgan fingerprint density at radius 2 is 2.14 bits per heavy atom. The number of carbonyl (C=O) groups excluding carboxylic acids is 1. The molecule has 0 saturated heterocycles. The number of nitrogens with one attached hydrogen (secondary N) is 1. The summed E-state index contributed by atoms with van der Waals surface area (Å²) in [5.41, 5.74) is 5.84. The van der Waals surface area contributed by atoms with E-state index in [1.807, 2.05) is 24.3 Å². The van der Waals surface area contributed by atoms with Crippen LogP contribution < -0.4 is 15.8 Å². The molecule has 0 aliphatic heterocycles. The maximum Gasteiger partial charge on any atom is 0.256 e. The Kier molecular flexibility index (Phi) is 6.36. The molecular formula is C16H18BrN3O2. The number of aromatic nitrogens is 1. The number of hydrogen-bond acceptors (Lipinski definition) is 4. The summed E-state index contributed by atoms with van der Waals surface area (Å²) in [5.74, 6) is 0.706. The molecule has 1 heterocycles. The minimum absolute atomic E-state index is 0.199. The van der Waals surface area contributed by atoms with Crippen molar-refractivity contribution < 1.29 is 9.53 Å². The van der Waals surface area contributed by atoms with Gasteiger partial charge in [-0.05, 0) is 49.7 Å². The van der Waals surface area contributed by atoms with Gasteiger partial charge in [-0.25, -0.2) is 4.98 Å². The number of halogens is 1. The molecular weight excluding hydrogens is 346 g/mol. The van der Waals surface area contributed by atoms with Gasteiger partial charge in [0.25, 0.3) is 5.91 Å². The fraction of sp³-hybridized carbons (Fsp3) is 0.250. The topological polar surface area (TPSA) is 77.2 Å². The second kappa shape index (κ2) is 8.51. The molecule has 1 aromatic carbocycles. The minimum Gasteiger partial charge on any atom is -0.438 e. The number of hydrogen-bond donors (Lipinski definition) is 2. The molecule has 1 amide bonds. The summed E-state index contributed by atoms with van der Waals surface area (Å²) >= 11 is 3.38. The van der Waals surface area contributed by atoms with Crippen molar-refractivity contribution in [3.63, 3.8) is 0 Å². The number of ether oxygens (including phenoxy) is 1. The molecule has 0 bridgehead atoms. The first-order valence-electron chi connectivity index (χ1n) is 7.07. The molecule has 2 rings (SSSR count). The molecule has 6 heteroatoms. The molecule has 0 atom stereocenters. The zero-order valence-corrected chi connectivity index (χ0v) is 13.7. The lowest BCUT2D eigenvalue weighted by atomic mass is 10.2. The van der Waals surface area contributed by atoms with E-state index in [2.05, 4.69) is 26.2 Å². The van der Waals surface area contributed by atoms with Crippen LogP contribution in [0.5, 0.6) is 11.6 Å². The first-order chi connectivity index (χ1) is 10.7. The van der Waals surface area contributed by atoms with E-state index in [0.29, 0.717) is 24.4 Å². The SMILES string of the molecule is NCCCCNC(=O)c1cccnc1Oc1cccc(Br)c1. The number of nitrogens with two attached hydrogens (primary N) is 1. The van der Waals surface area contributed by atoms with Gasteiger partial charge in [0, 0.05) is 17.2 Å². The van der Waals surface area contributed by atoms with Gasteiger partial charge >= 0.3 is 0 Å². The summed E-state index contributed by atoms with van der Waals surface area (Å²) in [5, 5.41) is 2.85. The van der Waals surface area contributed by atoms with Crippen molar-refractivity contribution in [1.82, 2.24) is 10.3 Å². The van der Waals surface area contributed by atoms with Crippen LogP contribution in [0.2, 0.25) is 0 Å². The quantitative estimate of drug-likeness (QED) is 0.740. The highest BCUT2D eigenvalue weighted by atomic mass is 79.9. The third-order valence-corrected chi connectivity index (χ3v) is 3.44. The number of rotatable bonds is 7. The number of carbonyl (C=O) groups is 1. The van der Waals surface area contributed by atoms with Crippen LogP contribution in [0.3, 0.4) is 0 Å². The van der Waals surface area contributed by atoms with E-state index in [-0.39, 0.29) is 11.8 Å². The summed E-state index contributed by atoms with van der Waals surface area (Å²) < 4.78 is 6.61. The Balaban J connectivity index is 2.07. The highest BCUT2D eigenvalue weighted by Gasteiger charge is 2.13.